The van der Waals surface area contributed by atoms with Gasteiger partial charge in [0, 0.05) is 29.7 Å². The quantitative estimate of drug-likeness (QED) is 0.629. The number of para-hydroxylation sites is 1. The van der Waals surface area contributed by atoms with Gasteiger partial charge in [-0.3, -0.25) is 9.69 Å². The number of likely N-dealkylation sites (tertiary alicyclic amines) is 1. The third-order valence-electron chi connectivity index (χ3n) is 6.66. The molecule has 2 aliphatic heterocycles. The van der Waals surface area contributed by atoms with Crippen molar-refractivity contribution in [2.75, 3.05) is 34.4 Å². The zero-order valence-electron chi connectivity index (χ0n) is 19.9. The van der Waals surface area contributed by atoms with Gasteiger partial charge in [0.15, 0.2) is 0 Å². The van der Waals surface area contributed by atoms with Gasteiger partial charge in [0.1, 0.15) is 17.2 Å². The predicted molar refractivity (Wildman–Crippen MR) is 128 cm³/mol. The molecule has 0 spiro atoms. The smallest absolute Gasteiger partial charge is 0.257 e. The highest BCUT2D eigenvalue weighted by atomic mass is 16.5. The molecule has 7 nitrogen and oxygen atoms in total. The Balaban J connectivity index is 1.69. The van der Waals surface area contributed by atoms with Crippen LogP contribution in [0.1, 0.15) is 49.8 Å². The van der Waals surface area contributed by atoms with Gasteiger partial charge in [0.2, 0.25) is 0 Å². The molecule has 2 atom stereocenters. The molecule has 0 N–H and O–H groups in total. The van der Waals surface area contributed by atoms with E-state index in [1.165, 1.54) is 6.42 Å². The number of hydrogen-bond acceptors (Lipinski definition) is 6. The summed E-state index contributed by atoms with van der Waals surface area (Å²) in [6.45, 7) is 3.50. The Morgan fingerprint density at radius 1 is 1.03 bits per heavy atom. The second kappa shape index (κ2) is 10.3. The molecule has 33 heavy (non-hydrogen) atoms. The van der Waals surface area contributed by atoms with Gasteiger partial charge >= 0.3 is 0 Å². The summed E-state index contributed by atoms with van der Waals surface area (Å²) in [5.74, 6) is 2.13. The van der Waals surface area contributed by atoms with E-state index in [0.717, 1.165) is 42.0 Å². The maximum absolute atomic E-state index is 13.6. The number of piperidine rings is 1. The lowest BCUT2D eigenvalue weighted by atomic mass is 9.97. The lowest BCUT2D eigenvalue weighted by Gasteiger charge is -2.34. The number of hydrogen-bond donors (Lipinski definition) is 0. The molecule has 1 amide bonds. The van der Waals surface area contributed by atoms with Crippen molar-refractivity contribution in [2.24, 2.45) is 5.10 Å². The van der Waals surface area contributed by atoms with Crippen LogP contribution in [0.5, 0.6) is 17.2 Å². The fourth-order valence-corrected chi connectivity index (χ4v) is 4.76. The number of methoxy groups -OCH3 is 3. The number of ether oxygens (including phenoxy) is 3. The first-order valence-corrected chi connectivity index (χ1v) is 11.5. The van der Waals surface area contributed by atoms with Gasteiger partial charge in [0.25, 0.3) is 5.91 Å². The Hall–Kier alpha value is -3.06. The third-order valence-corrected chi connectivity index (χ3v) is 6.66. The normalized spacial score (nSPS) is 21.0. The molecule has 0 aromatic heterocycles. The monoisotopic (exact) mass is 451 g/mol. The molecule has 176 valence electrons. The number of nitrogens with zero attached hydrogens (tertiary/aromatic N) is 3. The molecule has 0 saturated carbocycles. The minimum atomic E-state index is -0.265. The van der Waals surface area contributed by atoms with E-state index in [-0.39, 0.29) is 11.9 Å². The van der Waals surface area contributed by atoms with Crippen molar-refractivity contribution in [3.8, 4) is 17.2 Å². The number of hydrazone groups is 1. The summed E-state index contributed by atoms with van der Waals surface area (Å²) in [5.41, 5.74) is 2.64. The van der Waals surface area contributed by atoms with Gasteiger partial charge in [-0.15, -0.1) is 0 Å². The maximum Gasteiger partial charge on any atom is 0.257 e. The Morgan fingerprint density at radius 3 is 2.55 bits per heavy atom. The first kappa shape index (κ1) is 23.1. The van der Waals surface area contributed by atoms with Crippen molar-refractivity contribution in [2.45, 2.75) is 44.7 Å². The van der Waals surface area contributed by atoms with Crippen LogP contribution in [0.15, 0.2) is 47.6 Å². The van der Waals surface area contributed by atoms with E-state index in [4.69, 9.17) is 19.3 Å². The minimum Gasteiger partial charge on any atom is -0.497 e. The Morgan fingerprint density at radius 2 is 1.82 bits per heavy atom. The van der Waals surface area contributed by atoms with Crippen molar-refractivity contribution in [1.82, 2.24) is 9.91 Å². The van der Waals surface area contributed by atoms with E-state index in [0.29, 0.717) is 30.5 Å². The Bertz CT molecular complexity index is 1020. The standard InChI is InChI=1S/C26H33N3O4/c1-18-9-7-8-14-28(18)17-26(30)29-23(21-13-12-19(31-2)15-25(21)33-4)16-22(27-29)20-10-5-6-11-24(20)32-3/h5-6,10-13,15,18,23H,7-9,14,16-17H2,1-4H3/t18-,23+/m1/s1. The van der Waals surface area contributed by atoms with E-state index in [1.54, 1.807) is 26.3 Å². The second-order valence-electron chi connectivity index (χ2n) is 8.63. The van der Waals surface area contributed by atoms with Crippen molar-refractivity contribution in [3.05, 3.63) is 53.6 Å². The first-order chi connectivity index (χ1) is 16.0. The van der Waals surface area contributed by atoms with Gasteiger partial charge in [-0.05, 0) is 50.6 Å². The molecular weight excluding hydrogens is 418 g/mol. The number of carbonyl (C=O) groups excluding carboxylic acids is 1. The summed E-state index contributed by atoms with van der Waals surface area (Å²) < 4.78 is 16.6. The molecule has 2 aliphatic rings. The molecule has 0 bridgehead atoms. The second-order valence-corrected chi connectivity index (χ2v) is 8.63. The molecule has 4 rings (SSSR count). The highest BCUT2D eigenvalue weighted by molar-refractivity contribution is 6.05. The lowest BCUT2D eigenvalue weighted by molar-refractivity contribution is -0.135. The number of carbonyl (C=O) groups is 1. The largest absolute Gasteiger partial charge is 0.497 e. The molecule has 2 heterocycles. The van der Waals surface area contributed by atoms with Crippen LogP contribution < -0.4 is 14.2 Å². The molecule has 2 aromatic carbocycles. The summed E-state index contributed by atoms with van der Waals surface area (Å²) in [6.07, 6.45) is 4.05. The average molecular weight is 452 g/mol. The van der Waals surface area contributed by atoms with Gasteiger partial charge in [0.05, 0.1) is 39.6 Å². The predicted octanol–water partition coefficient (Wildman–Crippen LogP) is 4.26. The van der Waals surface area contributed by atoms with E-state index >= 15 is 0 Å². The molecule has 1 saturated heterocycles. The summed E-state index contributed by atoms with van der Waals surface area (Å²) in [5, 5.41) is 6.49. The zero-order chi connectivity index (χ0) is 23.4. The maximum atomic E-state index is 13.6. The first-order valence-electron chi connectivity index (χ1n) is 11.5. The van der Waals surface area contributed by atoms with Crippen LogP contribution in [0.2, 0.25) is 0 Å². The highest BCUT2D eigenvalue weighted by Gasteiger charge is 2.36. The van der Waals surface area contributed by atoms with E-state index < -0.39 is 0 Å². The lowest BCUT2D eigenvalue weighted by Crippen LogP contribution is -2.44. The third kappa shape index (κ3) is 4.83. The molecule has 2 aromatic rings. The highest BCUT2D eigenvalue weighted by Crippen LogP contribution is 2.40. The Labute approximate surface area is 195 Å². The van der Waals surface area contributed by atoms with E-state index in [9.17, 15) is 4.79 Å². The van der Waals surface area contributed by atoms with Crippen molar-refractivity contribution < 1.29 is 19.0 Å². The van der Waals surface area contributed by atoms with Crippen molar-refractivity contribution >= 4 is 11.6 Å². The number of amides is 1. The van der Waals surface area contributed by atoms with Gasteiger partial charge in [-0.2, -0.15) is 5.10 Å². The minimum absolute atomic E-state index is 0.00322. The van der Waals surface area contributed by atoms with Crippen LogP contribution in [-0.4, -0.2) is 62.0 Å². The summed E-state index contributed by atoms with van der Waals surface area (Å²) in [6, 6.07) is 13.6. The average Bonchev–Trinajstić information content (AvgIpc) is 3.30. The topological polar surface area (TPSA) is 63.6 Å². The SMILES string of the molecule is COc1ccc([C@@H]2CC(c3ccccc3OC)=NN2C(=O)CN2CCCC[C@H]2C)c(OC)c1. The van der Waals surface area contributed by atoms with E-state index in [2.05, 4.69) is 11.8 Å². The van der Waals surface area contributed by atoms with E-state index in [1.807, 2.05) is 42.5 Å². The van der Waals surface area contributed by atoms with Gasteiger partial charge in [-0.1, -0.05) is 18.6 Å². The Kier molecular flexibility index (Phi) is 7.18. The van der Waals surface area contributed by atoms with Crippen LogP contribution >= 0.6 is 0 Å². The molecule has 0 unspecified atom stereocenters. The number of rotatable bonds is 7. The van der Waals surface area contributed by atoms with Crippen LogP contribution in [0.3, 0.4) is 0 Å². The molecule has 0 radical (unpaired) electrons. The summed E-state index contributed by atoms with van der Waals surface area (Å²) >= 11 is 0. The van der Waals surface area contributed by atoms with Gasteiger partial charge in [-0.25, -0.2) is 5.01 Å². The molecule has 1 fully saturated rings. The summed E-state index contributed by atoms with van der Waals surface area (Å²) in [4.78, 5) is 15.8. The van der Waals surface area contributed by atoms with Crippen LogP contribution in [-0.2, 0) is 4.79 Å². The molecular formula is C26H33N3O4. The zero-order valence-corrected chi connectivity index (χ0v) is 19.9. The molecule has 7 heteroatoms. The van der Waals surface area contributed by atoms with Crippen LogP contribution in [0.4, 0.5) is 0 Å². The number of benzene rings is 2. The van der Waals surface area contributed by atoms with Crippen molar-refractivity contribution in [1.29, 1.82) is 0 Å². The summed E-state index contributed by atoms with van der Waals surface area (Å²) in [7, 11) is 4.91. The van der Waals surface area contributed by atoms with Gasteiger partial charge < -0.3 is 14.2 Å². The fourth-order valence-electron chi connectivity index (χ4n) is 4.76. The van der Waals surface area contributed by atoms with Crippen molar-refractivity contribution in [3.63, 3.8) is 0 Å². The van der Waals surface area contributed by atoms with Crippen LogP contribution in [0.25, 0.3) is 0 Å². The fraction of sp³-hybridized carbons (Fsp3) is 0.462. The van der Waals surface area contributed by atoms with Crippen LogP contribution in [0, 0.1) is 0 Å². The molecule has 0 aliphatic carbocycles.